The summed E-state index contributed by atoms with van der Waals surface area (Å²) in [5, 5.41) is 6.56. The van der Waals surface area contributed by atoms with Gasteiger partial charge in [-0.3, -0.25) is 0 Å². The number of hydrogen-bond acceptors (Lipinski definition) is 1. The van der Waals surface area contributed by atoms with Crippen molar-refractivity contribution in [2.75, 3.05) is 19.3 Å². The maximum atomic E-state index is 7.05. The van der Waals surface area contributed by atoms with E-state index in [0.29, 0.717) is 26.3 Å². The SMILES string of the molecule is CC(C)(C)P(CCNCC(C1=C(Cl)CCCCCC1)P(C(C)(C)C)C(C)(C)C)C(C)(C)C.[Ir+3]. The van der Waals surface area contributed by atoms with Crippen LogP contribution in [0, 0.1) is 0 Å². The van der Waals surface area contributed by atoms with E-state index in [0.717, 1.165) is 19.5 Å². The van der Waals surface area contributed by atoms with Gasteiger partial charge in [0.25, 0.3) is 0 Å². The van der Waals surface area contributed by atoms with Gasteiger partial charge in [0, 0.05) is 17.2 Å². The molecule has 1 atom stereocenters. The molecule has 1 nitrogen and oxygen atoms in total. The average molecular weight is 696 g/mol. The van der Waals surface area contributed by atoms with E-state index in [9.17, 15) is 0 Å². The minimum absolute atomic E-state index is 0. The van der Waals surface area contributed by atoms with Gasteiger partial charge in [-0.1, -0.05) is 123 Å². The molecule has 0 fully saturated rings. The number of nitrogens with one attached hydrogen (secondary N) is 1. The van der Waals surface area contributed by atoms with Gasteiger partial charge < -0.3 is 5.32 Å². The van der Waals surface area contributed by atoms with Crippen LogP contribution in [0.5, 0.6) is 0 Å². The Morgan fingerprint density at radius 1 is 0.727 bits per heavy atom. The minimum Gasteiger partial charge on any atom is -0.315 e. The van der Waals surface area contributed by atoms with E-state index in [1.807, 2.05) is 0 Å². The Morgan fingerprint density at radius 2 is 1.18 bits per heavy atom. The maximum Gasteiger partial charge on any atom is 3.00 e. The fourth-order valence-electron chi connectivity index (χ4n) is 6.01. The average Bonchev–Trinajstić information content (AvgIpc) is 2.52. The van der Waals surface area contributed by atoms with Crippen molar-refractivity contribution in [1.82, 2.24) is 5.32 Å². The van der Waals surface area contributed by atoms with Crippen molar-refractivity contribution >= 4 is 27.4 Å². The van der Waals surface area contributed by atoms with Crippen molar-refractivity contribution in [3.63, 3.8) is 0 Å². The van der Waals surface area contributed by atoms with Crippen LogP contribution < -0.4 is 5.32 Å². The van der Waals surface area contributed by atoms with E-state index in [-0.39, 0.29) is 35.9 Å². The molecule has 1 aliphatic rings. The molecule has 0 aliphatic heterocycles. The van der Waals surface area contributed by atoms with Gasteiger partial charge in [0.05, 0.1) is 0 Å². The molecule has 0 amide bonds. The van der Waals surface area contributed by atoms with Crippen LogP contribution in [0.4, 0.5) is 0 Å². The van der Waals surface area contributed by atoms with Crippen LogP contribution >= 0.6 is 27.4 Å². The van der Waals surface area contributed by atoms with E-state index in [1.165, 1.54) is 43.3 Å². The molecule has 1 rings (SSSR count). The molecule has 0 saturated heterocycles. The van der Waals surface area contributed by atoms with Crippen molar-refractivity contribution in [2.24, 2.45) is 0 Å². The Balaban J connectivity index is 0.0000102. The molecular weight excluding hydrogens is 640 g/mol. The van der Waals surface area contributed by atoms with Gasteiger partial charge in [0.15, 0.2) is 0 Å². The smallest absolute Gasteiger partial charge is 0.315 e. The van der Waals surface area contributed by atoms with Gasteiger partial charge in [0.1, 0.15) is 0 Å². The summed E-state index contributed by atoms with van der Waals surface area (Å²) in [6.45, 7) is 31.6. The first-order valence-electron chi connectivity index (χ1n) is 13.0. The zero-order chi connectivity index (χ0) is 25.0. The standard InChI is InChI=1S/C28H56ClNP2.Ir/c1-25(2,3)31(26(4,5)6)20-19-30-21-24(32(27(7,8)9)28(10,11)12)22-17-15-13-14-16-18-23(22)29;/h24,30H,13-21H2,1-12H3;/q;+3. The quantitative estimate of drug-likeness (QED) is 0.207. The topological polar surface area (TPSA) is 12.0 Å². The predicted octanol–water partition coefficient (Wildman–Crippen LogP) is 9.95. The second-order valence-electron chi connectivity index (χ2n) is 13.8. The Kier molecular flexibility index (Phi) is 14.5. The summed E-state index contributed by atoms with van der Waals surface area (Å²) in [5.74, 6) is 0. The number of allylic oxidation sites excluding steroid dienone is 1. The molecule has 5 heteroatoms. The third-order valence-electron chi connectivity index (χ3n) is 6.57. The van der Waals surface area contributed by atoms with E-state index in [1.54, 1.807) is 5.57 Å². The number of halogens is 1. The zero-order valence-electron chi connectivity index (χ0n) is 24.0. The molecule has 0 radical (unpaired) electrons. The summed E-state index contributed by atoms with van der Waals surface area (Å²) < 4.78 is 0. The molecule has 33 heavy (non-hydrogen) atoms. The second kappa shape index (κ2) is 13.9. The second-order valence-corrected chi connectivity index (χ2v) is 22.3. The summed E-state index contributed by atoms with van der Waals surface area (Å²) in [7, 11) is -0.313. The monoisotopic (exact) mass is 696 g/mol. The third-order valence-corrected chi connectivity index (χ3v) is 14.9. The molecule has 0 spiro atoms. The third kappa shape index (κ3) is 11.6. The molecule has 0 saturated carbocycles. The molecule has 1 unspecified atom stereocenters. The zero-order valence-corrected chi connectivity index (χ0v) is 29.0. The van der Waals surface area contributed by atoms with Gasteiger partial charge in [0.2, 0.25) is 0 Å². The van der Waals surface area contributed by atoms with Crippen molar-refractivity contribution in [3.05, 3.63) is 10.6 Å². The van der Waals surface area contributed by atoms with Crippen molar-refractivity contribution in [1.29, 1.82) is 0 Å². The van der Waals surface area contributed by atoms with Crippen LogP contribution in [0.25, 0.3) is 0 Å². The molecule has 0 aromatic rings. The first kappa shape index (κ1) is 34.5. The summed E-state index contributed by atoms with van der Waals surface area (Å²) in [6.07, 6.45) is 8.84. The van der Waals surface area contributed by atoms with Crippen LogP contribution in [0.2, 0.25) is 0 Å². The summed E-state index contributed by atoms with van der Waals surface area (Å²) in [4.78, 5) is 0. The number of hydrogen-bond donors (Lipinski definition) is 1. The van der Waals surface area contributed by atoms with Gasteiger partial charge in [-0.25, -0.2) is 0 Å². The van der Waals surface area contributed by atoms with Gasteiger partial charge in [-0.15, -0.1) is 0 Å². The van der Waals surface area contributed by atoms with Crippen LogP contribution in [-0.4, -0.2) is 45.5 Å². The predicted molar refractivity (Wildman–Crippen MR) is 155 cm³/mol. The van der Waals surface area contributed by atoms with Crippen molar-refractivity contribution in [2.45, 2.75) is 148 Å². The van der Waals surface area contributed by atoms with E-state index < -0.39 is 0 Å². The molecule has 0 bridgehead atoms. The largest absolute Gasteiger partial charge is 3.00 e. The first-order chi connectivity index (χ1) is 14.4. The van der Waals surface area contributed by atoms with Crippen LogP contribution in [-0.2, 0) is 20.1 Å². The molecule has 1 N–H and O–H groups in total. The van der Waals surface area contributed by atoms with Crippen LogP contribution in [0.3, 0.4) is 0 Å². The molecule has 1 aliphatic carbocycles. The fourth-order valence-corrected chi connectivity index (χ4v) is 15.0. The molecule has 0 aromatic heterocycles. The van der Waals surface area contributed by atoms with Crippen molar-refractivity contribution < 1.29 is 20.1 Å². The molecule has 0 aromatic carbocycles. The molecule has 196 valence electrons. The van der Waals surface area contributed by atoms with E-state index in [2.05, 4.69) is 88.4 Å². The van der Waals surface area contributed by atoms with Crippen LogP contribution in [0.15, 0.2) is 10.6 Å². The first-order valence-corrected chi connectivity index (χ1v) is 16.3. The normalized spacial score (nSPS) is 18.3. The van der Waals surface area contributed by atoms with Crippen molar-refractivity contribution in [3.8, 4) is 0 Å². The Hall–Kier alpha value is 1.50. The molecular formula is C28H56ClIrNP2+3. The van der Waals surface area contributed by atoms with Crippen LogP contribution in [0.1, 0.15) is 122 Å². The Morgan fingerprint density at radius 3 is 1.61 bits per heavy atom. The Labute approximate surface area is 229 Å². The summed E-state index contributed by atoms with van der Waals surface area (Å²) in [6, 6.07) is 0. The molecule has 0 heterocycles. The van der Waals surface area contributed by atoms with E-state index in [4.69, 9.17) is 11.6 Å². The number of rotatable bonds is 7. The van der Waals surface area contributed by atoms with Gasteiger partial charge in [-0.2, -0.15) is 0 Å². The Bertz CT molecular complexity index is 577. The summed E-state index contributed by atoms with van der Waals surface area (Å²) >= 11 is 7.05. The minimum atomic E-state index is -0.253. The van der Waals surface area contributed by atoms with Gasteiger partial charge >= 0.3 is 20.1 Å². The van der Waals surface area contributed by atoms with Gasteiger partial charge in [-0.05, 0) is 64.6 Å². The maximum absolute atomic E-state index is 7.05. The van der Waals surface area contributed by atoms with E-state index >= 15 is 0 Å². The summed E-state index contributed by atoms with van der Waals surface area (Å²) in [5.41, 5.74) is 2.18. The fraction of sp³-hybridized carbons (Fsp3) is 0.929.